The Labute approximate surface area is 183 Å². The van der Waals surface area contributed by atoms with Crippen molar-refractivity contribution in [2.75, 3.05) is 13.6 Å². The van der Waals surface area contributed by atoms with Gasteiger partial charge < -0.3 is 14.6 Å². The van der Waals surface area contributed by atoms with Crippen LogP contribution in [-0.4, -0.2) is 35.3 Å². The van der Waals surface area contributed by atoms with Gasteiger partial charge in [0.1, 0.15) is 5.76 Å². The highest BCUT2D eigenvalue weighted by atomic mass is 79.9. The highest BCUT2D eigenvalue weighted by Crippen LogP contribution is 2.31. The van der Waals surface area contributed by atoms with Crippen molar-refractivity contribution in [1.82, 2.24) is 15.2 Å². The van der Waals surface area contributed by atoms with E-state index in [0.29, 0.717) is 16.4 Å². The first-order chi connectivity index (χ1) is 14.0. The molecule has 0 saturated carbocycles. The molecule has 3 aromatic heterocycles. The number of carbonyl (C=O) groups excluding carboxylic acids is 2. The predicted octanol–water partition coefficient (Wildman–Crippen LogP) is 4.77. The molecule has 29 heavy (non-hydrogen) atoms. The number of likely N-dealkylation sites (N-methyl/N-ethyl adjacent to an activating group) is 1. The molecule has 0 atom stereocenters. The van der Waals surface area contributed by atoms with Crippen molar-refractivity contribution in [3.63, 3.8) is 0 Å². The summed E-state index contributed by atoms with van der Waals surface area (Å²) in [6.07, 6.45) is 0. The first kappa shape index (κ1) is 19.8. The minimum Gasteiger partial charge on any atom is -0.457 e. The lowest BCUT2D eigenvalue weighted by atomic mass is 10.3. The number of amides is 2. The molecular weight excluding hydrogens is 474 g/mol. The summed E-state index contributed by atoms with van der Waals surface area (Å²) in [6, 6.07) is 15.1. The van der Waals surface area contributed by atoms with Gasteiger partial charge in [-0.25, -0.2) is 4.98 Å². The number of fused-ring (bicyclic) bond motifs is 1. The highest BCUT2D eigenvalue weighted by molar-refractivity contribution is 9.11. The molecule has 0 bridgehead atoms. The molecule has 6 nitrogen and oxygen atoms in total. The van der Waals surface area contributed by atoms with Crippen LogP contribution in [0.25, 0.3) is 21.0 Å². The summed E-state index contributed by atoms with van der Waals surface area (Å²) in [4.78, 5) is 31.1. The summed E-state index contributed by atoms with van der Waals surface area (Å²) < 4.78 is 7.80. The lowest BCUT2D eigenvalue weighted by Crippen LogP contribution is -2.37. The van der Waals surface area contributed by atoms with Crippen LogP contribution in [0.5, 0.6) is 0 Å². The number of hydrogen-bond acceptors (Lipinski definition) is 6. The quantitative estimate of drug-likeness (QED) is 0.423. The van der Waals surface area contributed by atoms with Gasteiger partial charge in [-0.05, 0) is 52.3 Å². The third-order valence-electron chi connectivity index (χ3n) is 4.14. The van der Waals surface area contributed by atoms with E-state index in [0.717, 1.165) is 19.0 Å². The van der Waals surface area contributed by atoms with Gasteiger partial charge in [0, 0.05) is 7.05 Å². The monoisotopic (exact) mass is 489 g/mol. The Balaban J connectivity index is 1.33. The molecule has 0 aliphatic carbocycles. The maximum atomic E-state index is 12.3. The number of carbonyl (C=O) groups is 2. The first-order valence-electron chi connectivity index (χ1n) is 8.72. The zero-order valence-corrected chi connectivity index (χ0v) is 18.6. The summed E-state index contributed by atoms with van der Waals surface area (Å²) in [7, 11) is 1.60. The topological polar surface area (TPSA) is 75.4 Å². The Morgan fingerprint density at radius 3 is 2.72 bits per heavy atom. The molecule has 4 aromatic rings. The zero-order chi connectivity index (χ0) is 20.4. The lowest BCUT2D eigenvalue weighted by Gasteiger charge is -2.15. The number of para-hydroxylation sites is 1. The van der Waals surface area contributed by atoms with Gasteiger partial charge in [-0.1, -0.05) is 12.1 Å². The van der Waals surface area contributed by atoms with Gasteiger partial charge in [0.15, 0.2) is 10.8 Å². The standard InChI is InChI=1S/C20H16BrN3O3S2/c1-24(20(26)16-8-9-17(21)28-16)11-18(25)22-10-12-6-7-14(27-12)19-23-13-4-2-3-5-15(13)29-19/h2-9H,10-11H2,1H3,(H,22,25). The molecule has 0 fully saturated rings. The van der Waals surface area contributed by atoms with Crippen molar-refractivity contribution in [2.24, 2.45) is 0 Å². The number of thiazole rings is 1. The van der Waals surface area contributed by atoms with E-state index >= 15 is 0 Å². The van der Waals surface area contributed by atoms with Crippen LogP contribution in [0.4, 0.5) is 0 Å². The highest BCUT2D eigenvalue weighted by Gasteiger charge is 2.17. The first-order valence-corrected chi connectivity index (χ1v) is 11.1. The number of aromatic nitrogens is 1. The van der Waals surface area contributed by atoms with Crippen molar-refractivity contribution < 1.29 is 14.0 Å². The second-order valence-electron chi connectivity index (χ2n) is 6.29. The molecule has 0 saturated heterocycles. The van der Waals surface area contributed by atoms with Crippen LogP contribution >= 0.6 is 38.6 Å². The normalized spacial score (nSPS) is 11.0. The molecule has 0 radical (unpaired) electrons. The molecule has 148 valence electrons. The van der Waals surface area contributed by atoms with Crippen molar-refractivity contribution in [3.05, 3.63) is 63.0 Å². The van der Waals surface area contributed by atoms with E-state index in [9.17, 15) is 9.59 Å². The fraction of sp³-hybridized carbons (Fsp3) is 0.150. The van der Waals surface area contributed by atoms with E-state index < -0.39 is 0 Å². The summed E-state index contributed by atoms with van der Waals surface area (Å²) >= 11 is 6.23. The van der Waals surface area contributed by atoms with Crippen LogP contribution in [0, 0.1) is 0 Å². The second kappa shape index (κ2) is 8.48. The Morgan fingerprint density at radius 1 is 1.14 bits per heavy atom. The summed E-state index contributed by atoms with van der Waals surface area (Å²) in [5.41, 5.74) is 0.934. The van der Waals surface area contributed by atoms with Gasteiger partial charge in [0.2, 0.25) is 5.91 Å². The number of rotatable bonds is 6. The fourth-order valence-corrected chi connectivity index (χ4v) is 5.02. The van der Waals surface area contributed by atoms with Crippen molar-refractivity contribution in [1.29, 1.82) is 0 Å². The van der Waals surface area contributed by atoms with Gasteiger partial charge in [0.25, 0.3) is 5.91 Å². The molecule has 0 spiro atoms. The zero-order valence-electron chi connectivity index (χ0n) is 15.3. The van der Waals surface area contributed by atoms with E-state index in [1.54, 1.807) is 24.5 Å². The number of furan rings is 1. The number of nitrogens with zero attached hydrogens (tertiary/aromatic N) is 2. The van der Waals surface area contributed by atoms with Gasteiger partial charge >= 0.3 is 0 Å². The largest absolute Gasteiger partial charge is 0.457 e. The molecule has 9 heteroatoms. The predicted molar refractivity (Wildman–Crippen MR) is 118 cm³/mol. The van der Waals surface area contributed by atoms with E-state index in [1.807, 2.05) is 42.5 Å². The van der Waals surface area contributed by atoms with Crippen LogP contribution in [0.3, 0.4) is 0 Å². The summed E-state index contributed by atoms with van der Waals surface area (Å²) in [5.74, 6) is 0.858. The maximum Gasteiger partial charge on any atom is 0.264 e. The molecule has 0 aliphatic rings. The third-order valence-corrected chi connectivity index (χ3v) is 6.80. The van der Waals surface area contributed by atoms with Crippen LogP contribution in [0.2, 0.25) is 0 Å². The Hall–Kier alpha value is -2.49. The average Bonchev–Trinajstić information content (AvgIpc) is 3.44. The molecule has 0 unspecified atom stereocenters. The number of nitrogens with one attached hydrogen (secondary N) is 1. The molecular formula is C20H16BrN3O3S2. The molecule has 3 heterocycles. The number of halogens is 1. The van der Waals surface area contributed by atoms with Gasteiger partial charge in [-0.15, -0.1) is 22.7 Å². The van der Waals surface area contributed by atoms with Crippen molar-refractivity contribution in [3.8, 4) is 10.8 Å². The van der Waals surface area contributed by atoms with Crippen LogP contribution in [-0.2, 0) is 11.3 Å². The summed E-state index contributed by atoms with van der Waals surface area (Å²) in [6.45, 7) is 0.218. The number of hydrogen-bond donors (Lipinski definition) is 1. The molecule has 0 aliphatic heterocycles. The van der Waals surface area contributed by atoms with E-state index in [1.165, 1.54) is 16.2 Å². The number of benzene rings is 1. The van der Waals surface area contributed by atoms with Crippen molar-refractivity contribution >= 4 is 60.6 Å². The van der Waals surface area contributed by atoms with E-state index in [2.05, 4.69) is 26.2 Å². The lowest BCUT2D eigenvalue weighted by molar-refractivity contribution is -0.121. The molecule has 2 amide bonds. The second-order valence-corrected chi connectivity index (χ2v) is 9.79. The van der Waals surface area contributed by atoms with E-state index in [-0.39, 0.29) is 24.9 Å². The molecule has 4 rings (SSSR count). The van der Waals surface area contributed by atoms with Gasteiger partial charge in [0.05, 0.1) is 32.0 Å². The Bertz CT molecular complexity index is 1150. The van der Waals surface area contributed by atoms with Gasteiger partial charge in [-0.2, -0.15) is 0 Å². The van der Waals surface area contributed by atoms with E-state index in [4.69, 9.17) is 4.42 Å². The Kier molecular flexibility index (Phi) is 5.79. The minimum atomic E-state index is -0.255. The van der Waals surface area contributed by atoms with Crippen LogP contribution < -0.4 is 5.32 Å². The summed E-state index contributed by atoms with van der Waals surface area (Å²) in [5, 5.41) is 3.59. The minimum absolute atomic E-state index is 0.0280. The Morgan fingerprint density at radius 2 is 1.97 bits per heavy atom. The SMILES string of the molecule is CN(CC(=O)NCc1ccc(-c2nc3ccccc3s2)o1)C(=O)c1ccc(Br)s1. The molecule has 1 aromatic carbocycles. The van der Waals surface area contributed by atoms with Crippen LogP contribution in [0.15, 0.2) is 56.7 Å². The smallest absolute Gasteiger partial charge is 0.264 e. The van der Waals surface area contributed by atoms with Crippen LogP contribution in [0.1, 0.15) is 15.4 Å². The van der Waals surface area contributed by atoms with Gasteiger partial charge in [-0.3, -0.25) is 9.59 Å². The average molecular weight is 490 g/mol. The third kappa shape index (κ3) is 4.58. The number of thiophene rings is 1. The fourth-order valence-electron chi connectivity index (χ4n) is 2.71. The van der Waals surface area contributed by atoms with Crippen molar-refractivity contribution in [2.45, 2.75) is 6.54 Å². The maximum absolute atomic E-state index is 12.3. The molecule has 1 N–H and O–H groups in total.